The number of allylic oxidation sites excluding steroid dienone is 2. The quantitative estimate of drug-likeness (QED) is 0.102. The van der Waals surface area contributed by atoms with E-state index in [9.17, 15) is 9.46 Å². The minimum Gasteiger partial charge on any atom is -0.326 e. The zero-order chi connectivity index (χ0) is 25.6. The molecular formula is C30H55NO4P+. The lowest BCUT2D eigenvalue weighted by atomic mass is 9.54. The Morgan fingerprint density at radius 1 is 0.833 bits per heavy atom. The number of quaternary nitrogens is 1. The molecule has 0 saturated heterocycles. The summed E-state index contributed by atoms with van der Waals surface area (Å²) in [4.78, 5) is 10.2. The molecule has 5 rings (SSSR count). The van der Waals surface area contributed by atoms with Gasteiger partial charge in [0.25, 0.3) is 0 Å². The molecule has 4 bridgehead atoms. The number of rotatable bonds is 15. The molecule has 0 amide bonds. The van der Waals surface area contributed by atoms with Gasteiger partial charge in [0.15, 0.2) is 0 Å². The third-order valence-corrected chi connectivity index (χ3v) is 10.8. The molecule has 0 spiro atoms. The summed E-state index contributed by atoms with van der Waals surface area (Å²) < 4.78 is 24.2. The van der Waals surface area contributed by atoms with Gasteiger partial charge in [-0.05, 0) is 87.9 Å². The summed E-state index contributed by atoms with van der Waals surface area (Å²) >= 11 is 0. The van der Waals surface area contributed by atoms with E-state index in [2.05, 4.69) is 27.2 Å². The average molecular weight is 525 g/mol. The van der Waals surface area contributed by atoms with Gasteiger partial charge >= 0.3 is 7.82 Å². The van der Waals surface area contributed by atoms with Gasteiger partial charge in [0.05, 0.1) is 27.7 Å². The zero-order valence-electron chi connectivity index (χ0n) is 23.5. The Morgan fingerprint density at radius 2 is 1.39 bits per heavy atom. The van der Waals surface area contributed by atoms with Gasteiger partial charge in [-0.2, -0.15) is 0 Å². The fourth-order valence-electron chi connectivity index (χ4n) is 8.11. The summed E-state index contributed by atoms with van der Waals surface area (Å²) in [5, 5.41) is 0. The van der Waals surface area contributed by atoms with Crippen molar-refractivity contribution < 1.29 is 23.0 Å². The van der Waals surface area contributed by atoms with E-state index in [-0.39, 0.29) is 12.1 Å². The van der Waals surface area contributed by atoms with Crippen molar-refractivity contribution in [3.8, 4) is 0 Å². The Labute approximate surface area is 221 Å². The van der Waals surface area contributed by atoms with Gasteiger partial charge in [-0.3, -0.25) is 9.05 Å². The second-order valence-corrected chi connectivity index (χ2v) is 14.9. The van der Waals surface area contributed by atoms with Crippen LogP contribution >= 0.6 is 7.82 Å². The number of likely N-dealkylation sites (N-methyl/N-ethyl adjacent to an activating group) is 1. The zero-order valence-corrected chi connectivity index (χ0v) is 24.4. The molecule has 5 aliphatic carbocycles. The van der Waals surface area contributed by atoms with Crippen molar-refractivity contribution in [3.05, 3.63) is 11.6 Å². The van der Waals surface area contributed by atoms with Crippen LogP contribution in [0, 0.1) is 23.7 Å². The van der Waals surface area contributed by atoms with Gasteiger partial charge in [-0.15, -0.1) is 0 Å². The SMILES string of the molecule is C[N+](C)(C)[C@@H]1CCCC[C@H]1OP(=O)(O)OCCCCCCCCCCC=C1C2CC3CC(C2)CC1C3. The molecule has 36 heavy (non-hydrogen) atoms. The Bertz CT molecular complexity index is 731. The third-order valence-electron chi connectivity index (χ3n) is 9.75. The smallest absolute Gasteiger partial charge is 0.326 e. The molecular weight excluding hydrogens is 469 g/mol. The maximum Gasteiger partial charge on any atom is 0.472 e. The molecule has 0 aromatic carbocycles. The summed E-state index contributed by atoms with van der Waals surface area (Å²) in [6, 6.07) is 0.247. The Balaban J connectivity index is 0.988. The number of phosphoric ester groups is 1. The van der Waals surface area contributed by atoms with E-state index in [1.807, 2.05) is 5.57 Å². The predicted octanol–water partition coefficient (Wildman–Crippen LogP) is 8.03. The first-order chi connectivity index (χ1) is 17.2. The summed E-state index contributed by atoms with van der Waals surface area (Å²) in [6.45, 7) is 0.313. The first-order valence-corrected chi connectivity index (χ1v) is 16.9. The van der Waals surface area contributed by atoms with E-state index < -0.39 is 7.82 Å². The van der Waals surface area contributed by atoms with Crippen molar-refractivity contribution >= 4 is 7.82 Å². The maximum absolute atomic E-state index is 12.5. The molecule has 1 unspecified atom stereocenters. The van der Waals surface area contributed by atoms with E-state index >= 15 is 0 Å². The highest BCUT2D eigenvalue weighted by Gasteiger charge is 2.44. The first kappa shape index (κ1) is 28.8. The number of phosphoric acid groups is 1. The van der Waals surface area contributed by atoms with E-state index in [0.29, 0.717) is 6.61 Å². The lowest BCUT2D eigenvalue weighted by molar-refractivity contribution is -0.900. The molecule has 0 aliphatic heterocycles. The van der Waals surface area contributed by atoms with Gasteiger partial charge in [0.2, 0.25) is 0 Å². The molecule has 0 heterocycles. The highest BCUT2D eigenvalue weighted by atomic mass is 31.2. The van der Waals surface area contributed by atoms with Gasteiger partial charge < -0.3 is 9.38 Å². The Morgan fingerprint density at radius 3 is 2.00 bits per heavy atom. The van der Waals surface area contributed by atoms with Crippen molar-refractivity contribution in [3.63, 3.8) is 0 Å². The highest BCUT2D eigenvalue weighted by molar-refractivity contribution is 7.47. The Hall–Kier alpha value is -0.190. The molecule has 0 aromatic rings. The van der Waals surface area contributed by atoms with E-state index in [4.69, 9.17) is 9.05 Å². The number of nitrogens with zero attached hydrogens (tertiary/aromatic N) is 1. The molecule has 3 atom stereocenters. The fourth-order valence-corrected chi connectivity index (χ4v) is 9.11. The maximum atomic E-state index is 12.5. The predicted molar refractivity (Wildman–Crippen MR) is 148 cm³/mol. The molecule has 0 aromatic heterocycles. The van der Waals surface area contributed by atoms with E-state index in [1.54, 1.807) is 6.42 Å². The normalized spacial score (nSPS) is 33.6. The average Bonchev–Trinajstić information content (AvgIpc) is 2.80. The van der Waals surface area contributed by atoms with E-state index in [0.717, 1.165) is 66.7 Å². The summed E-state index contributed by atoms with van der Waals surface area (Å²) in [5.41, 5.74) is 1.87. The van der Waals surface area contributed by atoms with Crippen molar-refractivity contribution in [2.24, 2.45) is 23.7 Å². The van der Waals surface area contributed by atoms with Crippen molar-refractivity contribution in [1.29, 1.82) is 0 Å². The molecule has 0 radical (unpaired) electrons. The third kappa shape index (κ3) is 8.40. The van der Waals surface area contributed by atoms with Gasteiger partial charge in [0, 0.05) is 6.42 Å². The van der Waals surface area contributed by atoms with Crippen molar-refractivity contribution in [2.75, 3.05) is 27.7 Å². The van der Waals surface area contributed by atoms with Crippen molar-refractivity contribution in [2.45, 2.75) is 128 Å². The lowest BCUT2D eigenvalue weighted by Gasteiger charge is -2.51. The second kappa shape index (κ2) is 13.2. The lowest BCUT2D eigenvalue weighted by Crippen LogP contribution is -2.53. The monoisotopic (exact) mass is 524 g/mol. The summed E-state index contributed by atoms with van der Waals surface area (Å²) in [6.07, 6.45) is 25.1. The molecule has 208 valence electrons. The van der Waals surface area contributed by atoms with Crippen LogP contribution in [-0.2, 0) is 13.6 Å². The highest BCUT2D eigenvalue weighted by Crippen LogP contribution is 2.56. The second-order valence-electron chi connectivity index (χ2n) is 13.5. The number of hydrogen-bond acceptors (Lipinski definition) is 3. The first-order valence-electron chi connectivity index (χ1n) is 15.4. The molecule has 6 heteroatoms. The van der Waals surface area contributed by atoms with Crippen LogP contribution in [0.4, 0.5) is 0 Å². The standard InChI is InChI=1S/C30H54NO4P/c1-31(2,3)29-16-12-13-17-30(29)35-36(32,33)34-18-14-10-8-6-4-5-7-9-11-15-28-26-20-24-19-25(22-26)23-27(28)21-24/h15,24-27,29-30H,4-14,16-23H2,1-3H3/p+1/t24?,25?,26?,27?,29-,30-/m1/s1. The van der Waals surface area contributed by atoms with Crippen LogP contribution in [0.3, 0.4) is 0 Å². The molecule has 5 aliphatic rings. The largest absolute Gasteiger partial charge is 0.472 e. The molecule has 5 nitrogen and oxygen atoms in total. The number of unbranched alkanes of at least 4 members (excludes halogenated alkanes) is 8. The minimum atomic E-state index is -3.98. The topological polar surface area (TPSA) is 55.8 Å². The Kier molecular flexibility index (Phi) is 10.6. The molecule has 5 saturated carbocycles. The van der Waals surface area contributed by atoms with Gasteiger partial charge in [-0.25, -0.2) is 4.57 Å². The molecule has 1 N–H and O–H groups in total. The van der Waals surface area contributed by atoms with Crippen LogP contribution in [0.25, 0.3) is 0 Å². The van der Waals surface area contributed by atoms with Crippen LogP contribution in [0.2, 0.25) is 0 Å². The van der Waals surface area contributed by atoms with Gasteiger partial charge in [0.1, 0.15) is 12.1 Å². The number of hydrogen-bond donors (Lipinski definition) is 1. The van der Waals surface area contributed by atoms with Crippen LogP contribution in [0.1, 0.15) is 116 Å². The summed E-state index contributed by atoms with van der Waals surface area (Å²) in [5.74, 6) is 4.06. The fraction of sp³-hybridized carbons (Fsp3) is 0.933. The van der Waals surface area contributed by atoms with Crippen molar-refractivity contribution in [1.82, 2.24) is 0 Å². The molecule has 5 fully saturated rings. The van der Waals surface area contributed by atoms with Crippen LogP contribution in [-0.4, -0.2) is 49.3 Å². The van der Waals surface area contributed by atoms with Crippen LogP contribution in [0.15, 0.2) is 11.6 Å². The van der Waals surface area contributed by atoms with E-state index in [1.165, 1.54) is 70.6 Å². The van der Waals surface area contributed by atoms with Crippen LogP contribution < -0.4 is 0 Å². The summed E-state index contributed by atoms with van der Waals surface area (Å²) in [7, 11) is 2.43. The van der Waals surface area contributed by atoms with Crippen LogP contribution in [0.5, 0.6) is 0 Å². The minimum absolute atomic E-state index is 0.196. The van der Waals surface area contributed by atoms with Gasteiger partial charge in [-0.1, -0.05) is 56.6 Å².